The number of fused-ring (bicyclic) bond motifs is 3. The van der Waals surface area contributed by atoms with Crippen molar-refractivity contribution in [1.29, 1.82) is 0 Å². The Hall–Kier alpha value is -1.34. The summed E-state index contributed by atoms with van der Waals surface area (Å²) in [6, 6.07) is 0. The van der Waals surface area contributed by atoms with E-state index in [1.807, 2.05) is 0 Å². The van der Waals surface area contributed by atoms with E-state index in [2.05, 4.69) is 48.6 Å². The van der Waals surface area contributed by atoms with Crippen LogP contribution >= 0.6 is 0 Å². The molecule has 1 fully saturated rings. The second kappa shape index (κ2) is 4.64. The van der Waals surface area contributed by atoms with Gasteiger partial charge in [-0.25, -0.2) is 0 Å². The number of ether oxygens (including phenoxy) is 1. The van der Waals surface area contributed by atoms with Gasteiger partial charge in [0, 0.05) is 5.92 Å². The summed E-state index contributed by atoms with van der Waals surface area (Å²) in [7, 11) is 0. The van der Waals surface area contributed by atoms with Crippen LogP contribution < -0.4 is 0 Å². The molecule has 0 aromatic rings. The van der Waals surface area contributed by atoms with Gasteiger partial charge in [0.05, 0.1) is 12.2 Å². The topological polar surface area (TPSA) is 9.23 Å². The van der Waals surface area contributed by atoms with Gasteiger partial charge in [-0.1, -0.05) is 48.6 Å². The molecule has 0 aromatic heterocycles. The molecule has 1 heterocycles. The lowest BCUT2D eigenvalue weighted by Crippen LogP contribution is -2.26. The zero-order valence-electron chi connectivity index (χ0n) is 11.2. The highest BCUT2D eigenvalue weighted by molar-refractivity contribution is 5.42. The highest BCUT2D eigenvalue weighted by Gasteiger charge is 2.45. The molecule has 0 bridgehead atoms. The van der Waals surface area contributed by atoms with Gasteiger partial charge in [-0.05, 0) is 42.7 Å². The van der Waals surface area contributed by atoms with Gasteiger partial charge in [-0.2, -0.15) is 0 Å². The van der Waals surface area contributed by atoms with E-state index in [9.17, 15) is 0 Å². The molecule has 3 aliphatic carbocycles. The Morgan fingerprint density at radius 1 is 1.05 bits per heavy atom. The molecular formula is C18H20O. The number of allylic oxidation sites excluding steroid dienone is 6. The summed E-state index contributed by atoms with van der Waals surface area (Å²) in [4.78, 5) is 0. The van der Waals surface area contributed by atoms with Gasteiger partial charge >= 0.3 is 0 Å². The summed E-state index contributed by atoms with van der Waals surface area (Å²) in [6.45, 7) is 0. The fraction of sp³-hybridized carbons (Fsp3) is 0.444. The number of hydrogen-bond acceptors (Lipinski definition) is 1. The third-order valence-corrected chi connectivity index (χ3v) is 4.87. The first kappa shape index (κ1) is 11.5. The molecule has 0 aromatic carbocycles. The first-order valence-electron chi connectivity index (χ1n) is 7.50. The molecule has 4 atom stereocenters. The molecule has 0 amide bonds. The lowest BCUT2D eigenvalue weighted by atomic mass is 9.75. The third kappa shape index (κ3) is 1.88. The maximum Gasteiger partial charge on any atom is 0.0867 e. The van der Waals surface area contributed by atoms with Crippen LogP contribution in [-0.4, -0.2) is 12.2 Å². The molecule has 1 nitrogen and oxygen atoms in total. The minimum Gasteiger partial charge on any atom is -0.365 e. The second-order valence-electron chi connectivity index (χ2n) is 5.93. The molecule has 1 saturated heterocycles. The molecule has 0 N–H and O–H groups in total. The van der Waals surface area contributed by atoms with Gasteiger partial charge in [-0.3, -0.25) is 0 Å². The molecule has 1 aliphatic heterocycles. The normalized spacial score (nSPS) is 39.6. The summed E-state index contributed by atoms with van der Waals surface area (Å²) < 4.78 is 6.36. The van der Waals surface area contributed by atoms with E-state index in [1.54, 1.807) is 0 Å². The van der Waals surface area contributed by atoms with Gasteiger partial charge in [-0.15, -0.1) is 0 Å². The van der Waals surface area contributed by atoms with Gasteiger partial charge in [0.15, 0.2) is 0 Å². The maximum absolute atomic E-state index is 6.36. The molecule has 19 heavy (non-hydrogen) atoms. The second-order valence-corrected chi connectivity index (χ2v) is 5.93. The van der Waals surface area contributed by atoms with Crippen LogP contribution in [0.4, 0.5) is 0 Å². The van der Waals surface area contributed by atoms with Crippen molar-refractivity contribution in [3.05, 3.63) is 59.8 Å². The van der Waals surface area contributed by atoms with Gasteiger partial charge in [0.25, 0.3) is 0 Å². The lowest BCUT2D eigenvalue weighted by molar-refractivity contribution is 0.0757. The largest absolute Gasteiger partial charge is 0.365 e. The molecule has 4 rings (SSSR count). The van der Waals surface area contributed by atoms with E-state index >= 15 is 0 Å². The van der Waals surface area contributed by atoms with Crippen molar-refractivity contribution in [2.75, 3.05) is 0 Å². The van der Waals surface area contributed by atoms with Crippen molar-refractivity contribution in [2.45, 2.75) is 37.9 Å². The van der Waals surface area contributed by atoms with Crippen molar-refractivity contribution >= 4 is 0 Å². The summed E-state index contributed by atoms with van der Waals surface area (Å²) in [5.41, 5.74) is 2.99. The molecule has 0 spiro atoms. The van der Waals surface area contributed by atoms with E-state index in [1.165, 1.54) is 36.8 Å². The van der Waals surface area contributed by atoms with Crippen LogP contribution in [0.5, 0.6) is 0 Å². The number of rotatable bonds is 1. The minimum atomic E-state index is 0.307. The standard InChI is InChI=1S/C18H20O/c1-2-7-13(8-3-1)14-10-6-11-16-15-9-4-5-12-17(15)19-18(14)16/h1-2,4-5,7,9-10,12,15-18H,3,6,8,11H2. The van der Waals surface area contributed by atoms with Crippen molar-refractivity contribution < 1.29 is 4.74 Å². The van der Waals surface area contributed by atoms with Gasteiger partial charge in [0.2, 0.25) is 0 Å². The van der Waals surface area contributed by atoms with Crippen LogP contribution in [0.3, 0.4) is 0 Å². The van der Waals surface area contributed by atoms with E-state index in [0.29, 0.717) is 24.0 Å². The van der Waals surface area contributed by atoms with Crippen LogP contribution in [0.15, 0.2) is 59.8 Å². The van der Waals surface area contributed by atoms with Crippen LogP contribution in [0.2, 0.25) is 0 Å². The predicted octanol–water partition coefficient (Wildman–Crippen LogP) is 4.11. The zero-order chi connectivity index (χ0) is 12.7. The summed E-state index contributed by atoms with van der Waals surface area (Å²) in [5, 5.41) is 0. The summed E-state index contributed by atoms with van der Waals surface area (Å²) in [6.07, 6.45) is 23.5. The van der Waals surface area contributed by atoms with E-state index in [-0.39, 0.29) is 0 Å². The van der Waals surface area contributed by atoms with Crippen molar-refractivity contribution in [3.8, 4) is 0 Å². The monoisotopic (exact) mass is 252 g/mol. The zero-order valence-corrected chi connectivity index (χ0v) is 11.2. The quantitative estimate of drug-likeness (QED) is 0.682. The highest BCUT2D eigenvalue weighted by atomic mass is 16.5. The average molecular weight is 252 g/mol. The maximum atomic E-state index is 6.36. The van der Waals surface area contributed by atoms with Gasteiger partial charge in [0.1, 0.15) is 0 Å². The third-order valence-electron chi connectivity index (χ3n) is 4.87. The molecule has 4 unspecified atom stereocenters. The smallest absolute Gasteiger partial charge is 0.0867 e. The van der Waals surface area contributed by atoms with Crippen LogP contribution in [0, 0.1) is 11.8 Å². The van der Waals surface area contributed by atoms with Crippen LogP contribution in [0.25, 0.3) is 0 Å². The fourth-order valence-corrected chi connectivity index (χ4v) is 3.95. The fourth-order valence-electron chi connectivity index (χ4n) is 3.95. The summed E-state index contributed by atoms with van der Waals surface area (Å²) in [5.74, 6) is 1.27. The Labute approximate surface area is 115 Å². The Kier molecular flexibility index (Phi) is 2.81. The highest BCUT2D eigenvalue weighted by Crippen LogP contribution is 2.46. The Balaban J connectivity index is 1.66. The van der Waals surface area contributed by atoms with Crippen molar-refractivity contribution in [3.63, 3.8) is 0 Å². The molecule has 98 valence electrons. The molecular weight excluding hydrogens is 232 g/mol. The molecule has 0 radical (unpaired) electrons. The minimum absolute atomic E-state index is 0.307. The van der Waals surface area contributed by atoms with Crippen molar-refractivity contribution in [2.24, 2.45) is 11.8 Å². The molecule has 1 heteroatoms. The molecule has 0 saturated carbocycles. The number of hydrogen-bond donors (Lipinski definition) is 0. The van der Waals surface area contributed by atoms with E-state index in [4.69, 9.17) is 4.74 Å². The predicted molar refractivity (Wildman–Crippen MR) is 77.7 cm³/mol. The molecule has 4 aliphatic rings. The van der Waals surface area contributed by atoms with E-state index in [0.717, 1.165) is 0 Å². The van der Waals surface area contributed by atoms with E-state index < -0.39 is 0 Å². The van der Waals surface area contributed by atoms with Gasteiger partial charge < -0.3 is 4.74 Å². The van der Waals surface area contributed by atoms with Crippen LogP contribution in [0.1, 0.15) is 25.7 Å². The first-order chi connectivity index (χ1) is 9.43. The van der Waals surface area contributed by atoms with Crippen molar-refractivity contribution in [1.82, 2.24) is 0 Å². The Morgan fingerprint density at radius 2 is 2.00 bits per heavy atom. The lowest BCUT2D eigenvalue weighted by Gasteiger charge is -2.29. The van der Waals surface area contributed by atoms with Crippen LogP contribution in [-0.2, 0) is 4.74 Å². The Bertz CT molecular complexity index is 518. The first-order valence-corrected chi connectivity index (χ1v) is 7.50. The Morgan fingerprint density at radius 3 is 2.89 bits per heavy atom. The summed E-state index contributed by atoms with van der Waals surface area (Å²) >= 11 is 0. The SMILES string of the molecule is C1=CCCC(C2=CCCC3C2OC2C=CC=CC23)=C1. The average Bonchev–Trinajstić information content (AvgIpc) is 2.87.